The van der Waals surface area contributed by atoms with E-state index in [2.05, 4.69) is 5.32 Å². The van der Waals surface area contributed by atoms with Crippen LogP contribution < -0.4 is 19.5 Å². The quantitative estimate of drug-likeness (QED) is 0.793. The van der Waals surface area contributed by atoms with Gasteiger partial charge in [-0.05, 0) is 43.2 Å². The van der Waals surface area contributed by atoms with Gasteiger partial charge < -0.3 is 19.5 Å². The van der Waals surface area contributed by atoms with Gasteiger partial charge in [-0.25, -0.2) is 8.42 Å². The van der Waals surface area contributed by atoms with E-state index >= 15 is 0 Å². The second-order valence-electron chi connectivity index (χ2n) is 6.49. The molecule has 0 atom stereocenters. The first kappa shape index (κ1) is 18.6. The Hall–Kier alpha value is -2.78. The lowest BCUT2D eigenvalue weighted by Gasteiger charge is -2.16. The molecule has 1 fully saturated rings. The van der Waals surface area contributed by atoms with Gasteiger partial charge in [0.05, 0.1) is 4.90 Å². The molecule has 0 aromatic heterocycles. The molecule has 0 spiro atoms. The van der Waals surface area contributed by atoms with Gasteiger partial charge in [0.2, 0.25) is 16.8 Å². The third kappa shape index (κ3) is 3.90. The minimum absolute atomic E-state index is 0.163. The highest BCUT2D eigenvalue weighted by Gasteiger charge is 2.27. The second-order valence-corrected chi connectivity index (χ2v) is 8.43. The number of benzene rings is 2. The van der Waals surface area contributed by atoms with Gasteiger partial charge in [-0.2, -0.15) is 4.31 Å². The van der Waals surface area contributed by atoms with Crippen molar-refractivity contribution in [3.05, 3.63) is 42.5 Å². The van der Waals surface area contributed by atoms with Gasteiger partial charge in [0.25, 0.3) is 5.91 Å². The highest BCUT2D eigenvalue weighted by Crippen LogP contribution is 2.35. The molecule has 2 aromatic carbocycles. The van der Waals surface area contributed by atoms with Crippen molar-refractivity contribution in [3.63, 3.8) is 0 Å². The zero-order valence-corrected chi connectivity index (χ0v) is 15.9. The van der Waals surface area contributed by atoms with Crippen LogP contribution in [-0.4, -0.2) is 45.1 Å². The van der Waals surface area contributed by atoms with Gasteiger partial charge in [0, 0.05) is 24.8 Å². The number of amides is 1. The minimum atomic E-state index is -3.53. The van der Waals surface area contributed by atoms with Crippen molar-refractivity contribution in [1.29, 1.82) is 0 Å². The van der Waals surface area contributed by atoms with Crippen molar-refractivity contribution in [2.24, 2.45) is 0 Å². The maximum absolute atomic E-state index is 12.6. The third-order valence-electron chi connectivity index (χ3n) is 4.53. The number of rotatable bonds is 6. The number of nitrogens with zero attached hydrogens (tertiary/aromatic N) is 1. The topological polar surface area (TPSA) is 94.2 Å². The van der Waals surface area contributed by atoms with Gasteiger partial charge >= 0.3 is 0 Å². The van der Waals surface area contributed by atoms with Gasteiger partial charge in [-0.3, -0.25) is 4.79 Å². The summed E-state index contributed by atoms with van der Waals surface area (Å²) in [7, 11) is -3.53. The Morgan fingerprint density at radius 1 is 1.07 bits per heavy atom. The van der Waals surface area contributed by atoms with Crippen molar-refractivity contribution in [2.75, 3.05) is 31.8 Å². The fraction of sp³-hybridized carbons (Fsp3) is 0.316. The van der Waals surface area contributed by atoms with E-state index < -0.39 is 15.9 Å². The first-order valence-electron chi connectivity index (χ1n) is 8.95. The summed E-state index contributed by atoms with van der Waals surface area (Å²) in [5.74, 6) is 1.28. The zero-order valence-electron chi connectivity index (χ0n) is 15.1. The molecular weight excluding hydrogens is 384 g/mol. The zero-order chi connectivity index (χ0) is 19.6. The second kappa shape index (κ2) is 7.69. The number of carbonyl (C=O) groups excluding carboxylic acids is 1. The number of nitrogens with one attached hydrogen (secondary N) is 1. The fourth-order valence-corrected chi connectivity index (χ4v) is 4.69. The fourth-order valence-electron chi connectivity index (χ4n) is 3.12. The molecule has 0 bridgehead atoms. The molecule has 2 aliphatic rings. The highest BCUT2D eigenvalue weighted by molar-refractivity contribution is 7.89. The summed E-state index contributed by atoms with van der Waals surface area (Å²) in [6, 6.07) is 11.3. The maximum Gasteiger partial charge on any atom is 0.262 e. The van der Waals surface area contributed by atoms with Crippen LogP contribution in [0.1, 0.15) is 12.8 Å². The molecule has 1 saturated heterocycles. The molecule has 1 amide bonds. The Bertz CT molecular complexity index is 986. The summed E-state index contributed by atoms with van der Waals surface area (Å²) in [5, 5.41) is 2.66. The summed E-state index contributed by atoms with van der Waals surface area (Å²) in [5.41, 5.74) is 0.402. The largest absolute Gasteiger partial charge is 0.484 e. The Kier molecular flexibility index (Phi) is 5.10. The van der Waals surface area contributed by atoms with E-state index in [0.717, 1.165) is 12.8 Å². The third-order valence-corrected chi connectivity index (χ3v) is 6.43. The van der Waals surface area contributed by atoms with E-state index in [1.54, 1.807) is 30.3 Å². The molecule has 4 rings (SSSR count). The van der Waals surface area contributed by atoms with Gasteiger partial charge in [-0.1, -0.05) is 6.07 Å². The van der Waals surface area contributed by atoms with Gasteiger partial charge in [0.1, 0.15) is 5.75 Å². The van der Waals surface area contributed by atoms with Crippen LogP contribution in [-0.2, 0) is 14.8 Å². The molecule has 8 nitrogen and oxygen atoms in total. The maximum atomic E-state index is 12.6. The summed E-state index contributed by atoms with van der Waals surface area (Å²) < 4.78 is 42.7. The molecule has 9 heteroatoms. The lowest BCUT2D eigenvalue weighted by molar-refractivity contribution is -0.118. The normalized spacial score (nSPS) is 16.1. The first-order valence-corrected chi connectivity index (χ1v) is 10.4. The average Bonchev–Trinajstić information content (AvgIpc) is 3.38. The lowest BCUT2D eigenvalue weighted by Crippen LogP contribution is -2.28. The van der Waals surface area contributed by atoms with E-state index in [1.165, 1.54) is 16.4 Å². The summed E-state index contributed by atoms with van der Waals surface area (Å²) in [6.45, 7) is 1.00. The Morgan fingerprint density at radius 3 is 2.68 bits per heavy atom. The van der Waals surface area contributed by atoms with E-state index in [4.69, 9.17) is 14.2 Å². The number of anilines is 1. The first-order chi connectivity index (χ1) is 13.5. The number of sulfonamides is 1. The van der Waals surface area contributed by atoms with Crippen molar-refractivity contribution >= 4 is 21.6 Å². The molecule has 0 saturated carbocycles. The molecule has 2 aromatic rings. The Labute approximate surface area is 163 Å². The van der Waals surface area contributed by atoms with E-state index in [9.17, 15) is 13.2 Å². The number of carbonyl (C=O) groups is 1. The molecule has 2 aliphatic heterocycles. The van der Waals surface area contributed by atoms with E-state index in [1.807, 2.05) is 0 Å². The number of hydrogen-bond acceptors (Lipinski definition) is 6. The smallest absolute Gasteiger partial charge is 0.262 e. The molecule has 2 heterocycles. The van der Waals surface area contributed by atoms with Crippen molar-refractivity contribution in [2.45, 2.75) is 17.7 Å². The Balaban J connectivity index is 1.38. The van der Waals surface area contributed by atoms with Crippen molar-refractivity contribution < 1.29 is 27.4 Å². The average molecular weight is 404 g/mol. The van der Waals surface area contributed by atoms with Crippen LogP contribution >= 0.6 is 0 Å². The Morgan fingerprint density at radius 2 is 1.86 bits per heavy atom. The van der Waals surface area contributed by atoms with Crippen LogP contribution in [0.25, 0.3) is 0 Å². The predicted molar refractivity (Wildman–Crippen MR) is 101 cm³/mol. The summed E-state index contributed by atoms with van der Waals surface area (Å²) in [6.07, 6.45) is 1.74. The number of hydrogen-bond donors (Lipinski definition) is 1. The standard InChI is InChI=1S/C19H20N2O6S/c22-19(12-25-15-6-7-17-18(11-15)27-13-26-17)20-14-4-3-5-16(10-14)28(23,24)21-8-1-2-9-21/h3-7,10-11H,1-2,8-9,12-13H2,(H,20,22). The molecule has 148 valence electrons. The van der Waals surface area contributed by atoms with Crippen LogP contribution in [0.4, 0.5) is 5.69 Å². The van der Waals surface area contributed by atoms with Crippen molar-refractivity contribution in [3.8, 4) is 17.2 Å². The van der Waals surface area contributed by atoms with Gasteiger partial charge in [-0.15, -0.1) is 0 Å². The SMILES string of the molecule is O=C(COc1ccc2c(c1)OCO2)Nc1cccc(S(=O)(=O)N2CCCC2)c1. The predicted octanol–water partition coefficient (Wildman–Crippen LogP) is 2.22. The summed E-state index contributed by atoms with van der Waals surface area (Å²) in [4.78, 5) is 12.4. The van der Waals surface area contributed by atoms with E-state index in [0.29, 0.717) is 36.0 Å². The van der Waals surface area contributed by atoms with Crippen LogP contribution in [0.3, 0.4) is 0 Å². The van der Waals surface area contributed by atoms with Crippen LogP contribution in [0.5, 0.6) is 17.2 Å². The van der Waals surface area contributed by atoms with Gasteiger partial charge in [0.15, 0.2) is 18.1 Å². The molecule has 0 aliphatic carbocycles. The highest BCUT2D eigenvalue weighted by atomic mass is 32.2. The van der Waals surface area contributed by atoms with Crippen LogP contribution in [0, 0.1) is 0 Å². The molecular formula is C19H20N2O6S. The molecule has 28 heavy (non-hydrogen) atoms. The molecule has 1 N–H and O–H groups in total. The number of ether oxygens (including phenoxy) is 3. The van der Waals surface area contributed by atoms with Crippen molar-refractivity contribution in [1.82, 2.24) is 4.31 Å². The van der Waals surface area contributed by atoms with Crippen LogP contribution in [0.2, 0.25) is 0 Å². The molecule has 0 radical (unpaired) electrons. The lowest BCUT2D eigenvalue weighted by atomic mass is 10.3. The summed E-state index contributed by atoms with van der Waals surface area (Å²) >= 11 is 0. The monoisotopic (exact) mass is 404 g/mol. The minimum Gasteiger partial charge on any atom is -0.484 e. The van der Waals surface area contributed by atoms with Crippen LogP contribution in [0.15, 0.2) is 47.4 Å². The number of fused-ring (bicyclic) bond motifs is 1. The van der Waals surface area contributed by atoms with E-state index in [-0.39, 0.29) is 18.3 Å². The molecule has 0 unspecified atom stereocenters.